The van der Waals surface area contributed by atoms with E-state index in [1.807, 2.05) is 0 Å². The molecule has 17 heavy (non-hydrogen) atoms. The maximum atomic E-state index is 11.9. The number of hydrogen-bond donors (Lipinski definition) is 2. The van der Waals surface area contributed by atoms with Crippen molar-refractivity contribution in [1.82, 2.24) is 5.32 Å². The van der Waals surface area contributed by atoms with Crippen LogP contribution >= 0.6 is 0 Å². The number of carbonyl (C=O) groups excluding carboxylic acids is 1. The molecule has 4 nitrogen and oxygen atoms in total. The van der Waals surface area contributed by atoms with E-state index >= 15 is 0 Å². The molecule has 4 heteroatoms. The summed E-state index contributed by atoms with van der Waals surface area (Å²) in [5.41, 5.74) is 6.85. The third kappa shape index (κ3) is 4.44. The molecular formula is C13H20N2O2. The second kappa shape index (κ2) is 6.91. The Labute approximate surface area is 102 Å². The van der Waals surface area contributed by atoms with Gasteiger partial charge in [-0.3, -0.25) is 4.79 Å². The fourth-order valence-electron chi connectivity index (χ4n) is 1.65. The van der Waals surface area contributed by atoms with Crippen molar-refractivity contribution in [3.05, 3.63) is 29.8 Å². The van der Waals surface area contributed by atoms with E-state index in [0.29, 0.717) is 17.9 Å². The minimum absolute atomic E-state index is 0.0649. The molecule has 1 aromatic rings. The van der Waals surface area contributed by atoms with Gasteiger partial charge in [0, 0.05) is 18.4 Å². The number of nitrogens with two attached hydrogens (primary N) is 1. The minimum atomic E-state index is -0.0829. The Kier molecular flexibility index (Phi) is 5.49. The lowest BCUT2D eigenvalue weighted by Crippen LogP contribution is -2.37. The van der Waals surface area contributed by atoms with Crippen molar-refractivity contribution in [2.24, 2.45) is 0 Å². The van der Waals surface area contributed by atoms with Gasteiger partial charge in [-0.05, 0) is 30.7 Å². The lowest BCUT2D eigenvalue weighted by atomic mass is 10.1. The highest BCUT2D eigenvalue weighted by molar-refractivity contribution is 5.94. The minimum Gasteiger partial charge on any atom is -0.399 e. The van der Waals surface area contributed by atoms with Gasteiger partial charge in [0.15, 0.2) is 0 Å². The molecule has 0 aromatic heterocycles. The molecule has 1 rings (SSSR count). The second-order valence-corrected chi connectivity index (χ2v) is 4.04. The Hall–Kier alpha value is -1.55. The van der Waals surface area contributed by atoms with Gasteiger partial charge in [-0.1, -0.05) is 13.3 Å². The van der Waals surface area contributed by atoms with Gasteiger partial charge in [-0.15, -0.1) is 0 Å². The van der Waals surface area contributed by atoms with Gasteiger partial charge in [0.25, 0.3) is 5.91 Å². The molecule has 0 fully saturated rings. The third-order valence-electron chi connectivity index (χ3n) is 2.51. The molecule has 0 radical (unpaired) electrons. The molecule has 0 aliphatic carbocycles. The summed E-state index contributed by atoms with van der Waals surface area (Å²) in [6.07, 6.45) is 1.92. The quantitative estimate of drug-likeness (QED) is 0.740. The molecule has 0 saturated carbocycles. The number of amides is 1. The zero-order valence-corrected chi connectivity index (χ0v) is 10.4. The van der Waals surface area contributed by atoms with Gasteiger partial charge in [-0.25, -0.2) is 0 Å². The SMILES string of the molecule is CCCC(COC)NC(=O)c1ccc(N)cc1. The van der Waals surface area contributed by atoms with Crippen LogP contribution < -0.4 is 11.1 Å². The fourth-order valence-corrected chi connectivity index (χ4v) is 1.65. The van der Waals surface area contributed by atoms with E-state index in [1.165, 1.54) is 0 Å². The molecule has 0 bridgehead atoms. The van der Waals surface area contributed by atoms with E-state index in [0.717, 1.165) is 12.8 Å². The number of anilines is 1. The number of ether oxygens (including phenoxy) is 1. The van der Waals surface area contributed by atoms with Crippen LogP contribution in [-0.2, 0) is 4.74 Å². The Balaban J connectivity index is 2.60. The summed E-state index contributed by atoms with van der Waals surface area (Å²) in [6.45, 7) is 2.62. The lowest BCUT2D eigenvalue weighted by Gasteiger charge is -2.17. The first-order chi connectivity index (χ1) is 8.17. The summed E-state index contributed by atoms with van der Waals surface area (Å²) in [6, 6.07) is 6.95. The van der Waals surface area contributed by atoms with Crippen LogP contribution in [0.3, 0.4) is 0 Å². The topological polar surface area (TPSA) is 64.3 Å². The number of nitrogens with one attached hydrogen (secondary N) is 1. The van der Waals surface area contributed by atoms with Crippen molar-refractivity contribution in [2.75, 3.05) is 19.5 Å². The molecule has 1 aromatic carbocycles. The van der Waals surface area contributed by atoms with Gasteiger partial charge < -0.3 is 15.8 Å². The van der Waals surface area contributed by atoms with Crippen molar-refractivity contribution in [3.63, 3.8) is 0 Å². The van der Waals surface area contributed by atoms with Crippen LogP contribution in [-0.4, -0.2) is 25.7 Å². The van der Waals surface area contributed by atoms with Gasteiger partial charge >= 0.3 is 0 Å². The Bertz CT molecular complexity index is 343. The molecule has 94 valence electrons. The zero-order valence-electron chi connectivity index (χ0n) is 10.4. The van der Waals surface area contributed by atoms with Crippen LogP contribution in [0, 0.1) is 0 Å². The van der Waals surface area contributed by atoms with E-state index in [9.17, 15) is 4.79 Å². The first-order valence-corrected chi connectivity index (χ1v) is 5.82. The highest BCUT2D eigenvalue weighted by Gasteiger charge is 2.12. The first kappa shape index (κ1) is 13.5. The lowest BCUT2D eigenvalue weighted by molar-refractivity contribution is 0.0891. The number of carbonyl (C=O) groups is 1. The van der Waals surface area contributed by atoms with Crippen LogP contribution in [0.15, 0.2) is 24.3 Å². The Morgan fingerprint density at radius 1 is 1.41 bits per heavy atom. The van der Waals surface area contributed by atoms with Crippen LogP contribution in [0.1, 0.15) is 30.1 Å². The molecule has 0 spiro atoms. The average Bonchev–Trinajstić information content (AvgIpc) is 2.30. The molecule has 1 unspecified atom stereocenters. The summed E-state index contributed by atoms with van der Waals surface area (Å²) in [5, 5.41) is 2.95. The van der Waals surface area contributed by atoms with Crippen LogP contribution in [0.4, 0.5) is 5.69 Å². The zero-order chi connectivity index (χ0) is 12.7. The maximum Gasteiger partial charge on any atom is 0.251 e. The van der Waals surface area contributed by atoms with Crippen LogP contribution in [0.2, 0.25) is 0 Å². The summed E-state index contributed by atoms with van der Waals surface area (Å²) in [7, 11) is 1.64. The second-order valence-electron chi connectivity index (χ2n) is 4.04. The first-order valence-electron chi connectivity index (χ1n) is 5.82. The van der Waals surface area contributed by atoms with Crippen molar-refractivity contribution < 1.29 is 9.53 Å². The molecule has 0 heterocycles. The van der Waals surface area contributed by atoms with E-state index in [4.69, 9.17) is 10.5 Å². The monoisotopic (exact) mass is 236 g/mol. The normalized spacial score (nSPS) is 12.1. The molecule has 1 atom stereocenters. The average molecular weight is 236 g/mol. The molecule has 0 aliphatic rings. The van der Waals surface area contributed by atoms with Crippen molar-refractivity contribution in [1.29, 1.82) is 0 Å². The van der Waals surface area contributed by atoms with E-state index < -0.39 is 0 Å². The number of rotatable bonds is 6. The third-order valence-corrected chi connectivity index (χ3v) is 2.51. The van der Waals surface area contributed by atoms with Crippen molar-refractivity contribution in [2.45, 2.75) is 25.8 Å². The smallest absolute Gasteiger partial charge is 0.251 e. The summed E-state index contributed by atoms with van der Waals surface area (Å²) in [5.74, 6) is -0.0829. The maximum absolute atomic E-state index is 11.9. The molecule has 3 N–H and O–H groups in total. The number of nitrogen functional groups attached to an aromatic ring is 1. The molecular weight excluding hydrogens is 216 g/mol. The molecule has 1 amide bonds. The van der Waals surface area contributed by atoms with E-state index in [-0.39, 0.29) is 11.9 Å². The number of benzene rings is 1. The van der Waals surface area contributed by atoms with E-state index in [1.54, 1.807) is 31.4 Å². The largest absolute Gasteiger partial charge is 0.399 e. The van der Waals surface area contributed by atoms with Crippen LogP contribution in [0.25, 0.3) is 0 Å². The number of hydrogen-bond acceptors (Lipinski definition) is 3. The van der Waals surface area contributed by atoms with E-state index in [2.05, 4.69) is 12.2 Å². The summed E-state index contributed by atoms with van der Waals surface area (Å²) < 4.78 is 5.08. The van der Waals surface area contributed by atoms with Gasteiger partial charge in [-0.2, -0.15) is 0 Å². The molecule has 0 saturated heterocycles. The van der Waals surface area contributed by atoms with Gasteiger partial charge in [0.2, 0.25) is 0 Å². The van der Waals surface area contributed by atoms with Crippen LogP contribution in [0.5, 0.6) is 0 Å². The fraction of sp³-hybridized carbons (Fsp3) is 0.462. The molecule has 0 aliphatic heterocycles. The summed E-state index contributed by atoms with van der Waals surface area (Å²) >= 11 is 0. The standard InChI is InChI=1S/C13H20N2O2/c1-3-4-12(9-17-2)15-13(16)10-5-7-11(14)8-6-10/h5-8,12H,3-4,9,14H2,1-2H3,(H,15,16). The van der Waals surface area contributed by atoms with Gasteiger partial charge in [0.1, 0.15) is 0 Å². The Morgan fingerprint density at radius 3 is 2.59 bits per heavy atom. The van der Waals surface area contributed by atoms with Crippen molar-refractivity contribution >= 4 is 11.6 Å². The highest BCUT2D eigenvalue weighted by atomic mass is 16.5. The Morgan fingerprint density at radius 2 is 2.06 bits per heavy atom. The van der Waals surface area contributed by atoms with Gasteiger partial charge in [0.05, 0.1) is 12.6 Å². The predicted octanol–water partition coefficient (Wildman–Crippen LogP) is 1.81. The predicted molar refractivity (Wildman–Crippen MR) is 68.9 cm³/mol. The van der Waals surface area contributed by atoms with Crippen molar-refractivity contribution in [3.8, 4) is 0 Å². The summed E-state index contributed by atoms with van der Waals surface area (Å²) in [4.78, 5) is 11.9. The number of methoxy groups -OCH3 is 1. The highest BCUT2D eigenvalue weighted by Crippen LogP contribution is 2.06.